The molecule has 0 spiro atoms. The summed E-state index contributed by atoms with van der Waals surface area (Å²) in [5.41, 5.74) is 2.14. The molecule has 0 unspecified atom stereocenters. The smallest absolute Gasteiger partial charge is 0.193 e. The standard InChI is InChI=1S/C17H14ClFO/c18-15-8-7-14(10-16(15)19)17(20)13-6-2-5-12(9-13)11-3-1-4-11/h2,5-11H,1,3-4H2. The van der Waals surface area contributed by atoms with Crippen LogP contribution in [0, 0.1) is 5.82 Å². The Morgan fingerprint density at radius 1 is 1.10 bits per heavy atom. The molecule has 0 amide bonds. The van der Waals surface area contributed by atoms with Gasteiger partial charge in [-0.15, -0.1) is 0 Å². The molecule has 3 rings (SSSR count). The molecule has 0 radical (unpaired) electrons. The Kier molecular flexibility index (Phi) is 3.58. The summed E-state index contributed by atoms with van der Waals surface area (Å²) in [7, 11) is 0. The minimum atomic E-state index is -0.562. The maximum absolute atomic E-state index is 13.4. The number of hydrogen-bond donors (Lipinski definition) is 0. The third-order valence-corrected chi connectivity index (χ3v) is 4.21. The maximum atomic E-state index is 13.4. The van der Waals surface area contributed by atoms with E-state index >= 15 is 0 Å². The van der Waals surface area contributed by atoms with Gasteiger partial charge < -0.3 is 0 Å². The van der Waals surface area contributed by atoms with Crippen molar-refractivity contribution in [3.8, 4) is 0 Å². The summed E-state index contributed by atoms with van der Waals surface area (Å²) in [5.74, 6) is -0.154. The van der Waals surface area contributed by atoms with Crippen LogP contribution in [0.3, 0.4) is 0 Å². The van der Waals surface area contributed by atoms with Crippen molar-refractivity contribution >= 4 is 17.4 Å². The molecule has 0 saturated heterocycles. The van der Waals surface area contributed by atoms with Gasteiger partial charge in [0.05, 0.1) is 5.02 Å². The summed E-state index contributed by atoms with van der Waals surface area (Å²) < 4.78 is 13.4. The second-order valence-electron chi connectivity index (χ2n) is 5.21. The highest BCUT2D eigenvalue weighted by Gasteiger charge is 2.20. The first-order valence-electron chi connectivity index (χ1n) is 6.75. The fourth-order valence-electron chi connectivity index (χ4n) is 2.48. The molecule has 1 nitrogen and oxygen atoms in total. The molecule has 2 aromatic rings. The lowest BCUT2D eigenvalue weighted by atomic mass is 9.79. The SMILES string of the molecule is O=C(c1cccc(C2CCC2)c1)c1ccc(Cl)c(F)c1. The Hall–Kier alpha value is -1.67. The molecule has 2 aromatic carbocycles. The molecule has 1 saturated carbocycles. The average molecular weight is 289 g/mol. The van der Waals surface area contributed by atoms with Gasteiger partial charge in [-0.25, -0.2) is 4.39 Å². The summed E-state index contributed by atoms with van der Waals surface area (Å²) in [4.78, 5) is 12.4. The molecule has 1 aliphatic carbocycles. The van der Waals surface area contributed by atoms with Crippen molar-refractivity contribution in [1.29, 1.82) is 0 Å². The molecule has 0 aliphatic heterocycles. The van der Waals surface area contributed by atoms with Crippen LogP contribution in [0.15, 0.2) is 42.5 Å². The van der Waals surface area contributed by atoms with Gasteiger partial charge in [-0.3, -0.25) is 4.79 Å². The number of hydrogen-bond acceptors (Lipinski definition) is 1. The van der Waals surface area contributed by atoms with E-state index in [0.29, 0.717) is 17.0 Å². The highest BCUT2D eigenvalue weighted by molar-refractivity contribution is 6.30. The number of carbonyl (C=O) groups is 1. The fourth-order valence-corrected chi connectivity index (χ4v) is 2.60. The van der Waals surface area contributed by atoms with Crippen LogP contribution in [0.5, 0.6) is 0 Å². The van der Waals surface area contributed by atoms with Crippen LogP contribution in [0.1, 0.15) is 46.7 Å². The van der Waals surface area contributed by atoms with Gasteiger partial charge >= 0.3 is 0 Å². The van der Waals surface area contributed by atoms with E-state index in [0.717, 1.165) is 0 Å². The first-order chi connectivity index (χ1) is 9.65. The Bertz CT molecular complexity index is 662. The lowest BCUT2D eigenvalue weighted by Crippen LogP contribution is -2.10. The predicted molar refractivity (Wildman–Crippen MR) is 77.9 cm³/mol. The molecule has 0 N–H and O–H groups in total. The average Bonchev–Trinajstić information content (AvgIpc) is 2.39. The van der Waals surface area contributed by atoms with Crippen molar-refractivity contribution in [3.05, 3.63) is 70.0 Å². The highest BCUT2D eigenvalue weighted by Crippen LogP contribution is 2.36. The van der Waals surface area contributed by atoms with Crippen molar-refractivity contribution in [2.45, 2.75) is 25.2 Å². The second kappa shape index (κ2) is 5.37. The van der Waals surface area contributed by atoms with E-state index in [4.69, 9.17) is 11.6 Å². The first-order valence-corrected chi connectivity index (χ1v) is 7.12. The van der Waals surface area contributed by atoms with Crippen LogP contribution in [-0.4, -0.2) is 5.78 Å². The van der Waals surface area contributed by atoms with Gasteiger partial charge in [0.2, 0.25) is 0 Å². The van der Waals surface area contributed by atoms with Crippen LogP contribution in [0.4, 0.5) is 4.39 Å². The first kappa shape index (κ1) is 13.3. The summed E-state index contributed by atoms with van der Waals surface area (Å²) in [6.45, 7) is 0. The second-order valence-corrected chi connectivity index (χ2v) is 5.62. The molecular formula is C17H14ClFO. The van der Waals surface area contributed by atoms with E-state index in [1.807, 2.05) is 12.1 Å². The maximum Gasteiger partial charge on any atom is 0.193 e. The van der Waals surface area contributed by atoms with Crippen molar-refractivity contribution in [2.75, 3.05) is 0 Å². The number of ketones is 1. The fraction of sp³-hybridized carbons (Fsp3) is 0.235. The predicted octanol–water partition coefficient (Wildman–Crippen LogP) is 4.98. The molecule has 1 aliphatic rings. The van der Waals surface area contributed by atoms with Gasteiger partial charge in [-0.2, -0.15) is 0 Å². The normalized spacial score (nSPS) is 14.9. The van der Waals surface area contributed by atoms with Crippen LogP contribution >= 0.6 is 11.6 Å². The van der Waals surface area contributed by atoms with Crippen molar-refractivity contribution in [2.24, 2.45) is 0 Å². The highest BCUT2D eigenvalue weighted by atomic mass is 35.5. The van der Waals surface area contributed by atoms with Crippen LogP contribution in [0.25, 0.3) is 0 Å². The molecule has 3 heteroatoms. The molecule has 0 aromatic heterocycles. The summed E-state index contributed by atoms with van der Waals surface area (Å²) in [5, 5.41) is 0.0322. The zero-order valence-electron chi connectivity index (χ0n) is 10.9. The van der Waals surface area contributed by atoms with Gasteiger partial charge in [0.15, 0.2) is 5.78 Å². The zero-order chi connectivity index (χ0) is 14.1. The third kappa shape index (κ3) is 2.48. The lowest BCUT2D eigenvalue weighted by molar-refractivity contribution is 0.103. The Labute approximate surface area is 122 Å². The number of rotatable bonds is 3. The molecule has 20 heavy (non-hydrogen) atoms. The molecular weight excluding hydrogens is 275 g/mol. The minimum absolute atomic E-state index is 0.0322. The quantitative estimate of drug-likeness (QED) is 0.728. The minimum Gasteiger partial charge on any atom is -0.289 e. The molecule has 102 valence electrons. The van der Waals surface area contributed by atoms with Crippen molar-refractivity contribution in [1.82, 2.24) is 0 Å². The van der Waals surface area contributed by atoms with E-state index < -0.39 is 5.82 Å². The van der Waals surface area contributed by atoms with Crippen LogP contribution in [-0.2, 0) is 0 Å². The van der Waals surface area contributed by atoms with Gasteiger partial charge in [-0.05, 0) is 48.6 Å². The summed E-state index contributed by atoms with van der Waals surface area (Å²) in [6, 6.07) is 11.8. The zero-order valence-corrected chi connectivity index (χ0v) is 11.7. The number of halogens is 2. The van der Waals surface area contributed by atoms with E-state index in [9.17, 15) is 9.18 Å². The monoisotopic (exact) mass is 288 g/mol. The third-order valence-electron chi connectivity index (χ3n) is 3.91. The van der Waals surface area contributed by atoms with Gasteiger partial charge in [0.1, 0.15) is 5.82 Å². The van der Waals surface area contributed by atoms with E-state index in [2.05, 4.69) is 6.07 Å². The van der Waals surface area contributed by atoms with Gasteiger partial charge in [0, 0.05) is 11.1 Å². The Morgan fingerprint density at radius 3 is 2.50 bits per heavy atom. The van der Waals surface area contributed by atoms with Crippen LogP contribution in [0.2, 0.25) is 5.02 Å². The van der Waals surface area contributed by atoms with E-state index in [-0.39, 0.29) is 10.8 Å². The number of benzene rings is 2. The van der Waals surface area contributed by atoms with Gasteiger partial charge in [-0.1, -0.05) is 36.2 Å². The molecule has 0 bridgehead atoms. The van der Waals surface area contributed by atoms with E-state index in [1.54, 1.807) is 12.1 Å². The Morgan fingerprint density at radius 2 is 1.85 bits per heavy atom. The molecule has 0 heterocycles. The van der Waals surface area contributed by atoms with Gasteiger partial charge in [0.25, 0.3) is 0 Å². The van der Waals surface area contributed by atoms with Crippen molar-refractivity contribution in [3.63, 3.8) is 0 Å². The summed E-state index contributed by atoms with van der Waals surface area (Å²) in [6.07, 6.45) is 3.63. The number of carbonyl (C=O) groups excluding carboxylic acids is 1. The molecule has 1 fully saturated rings. The Balaban J connectivity index is 1.91. The topological polar surface area (TPSA) is 17.1 Å². The van der Waals surface area contributed by atoms with Crippen LogP contribution < -0.4 is 0 Å². The molecule has 0 atom stereocenters. The summed E-state index contributed by atoms with van der Waals surface area (Å²) >= 11 is 5.64. The largest absolute Gasteiger partial charge is 0.289 e. The van der Waals surface area contributed by atoms with E-state index in [1.165, 1.54) is 37.0 Å². The lowest BCUT2D eigenvalue weighted by Gasteiger charge is -2.26. The van der Waals surface area contributed by atoms with Crippen molar-refractivity contribution < 1.29 is 9.18 Å².